The molecular weight excluding hydrogens is 372 g/mol. The largest absolute Gasteiger partial charge is 0.393 e. The molecule has 4 aliphatic carbocycles. The summed E-state index contributed by atoms with van der Waals surface area (Å²) in [7, 11) is 0. The molecule has 0 amide bonds. The van der Waals surface area contributed by atoms with E-state index in [2.05, 4.69) is 6.92 Å². The van der Waals surface area contributed by atoms with Crippen molar-refractivity contribution in [1.82, 2.24) is 0 Å². The molecule has 9 atom stereocenters. The number of ketones is 2. The first-order valence-corrected chi connectivity index (χ1v) is 10.8. The molecule has 0 spiro atoms. The van der Waals surface area contributed by atoms with Crippen LogP contribution in [0.1, 0.15) is 46.5 Å². The molecule has 2 N–H and O–H groups in total. The maximum absolute atomic E-state index is 13.0. The summed E-state index contributed by atoms with van der Waals surface area (Å²) in [6.07, 6.45) is 6.61. The number of aliphatic hydroxyl groups is 2. The molecule has 29 heavy (non-hydrogen) atoms. The van der Waals surface area contributed by atoms with Crippen LogP contribution in [0.15, 0.2) is 23.8 Å². The van der Waals surface area contributed by atoms with Gasteiger partial charge in [0.05, 0.1) is 12.2 Å². The van der Waals surface area contributed by atoms with Crippen LogP contribution in [0.3, 0.4) is 0 Å². The van der Waals surface area contributed by atoms with E-state index in [1.54, 1.807) is 19.1 Å². The first-order valence-electron chi connectivity index (χ1n) is 10.8. The lowest BCUT2D eigenvalue weighted by molar-refractivity contribution is -0.197. The van der Waals surface area contributed by atoms with Gasteiger partial charge in [-0.05, 0) is 56.6 Å². The zero-order valence-electron chi connectivity index (χ0n) is 17.3. The average Bonchev–Trinajstić information content (AvgIpc) is 3.12. The second-order valence-electron chi connectivity index (χ2n) is 10.1. The topological polar surface area (TPSA) is 93.1 Å². The molecule has 0 aromatic carbocycles. The minimum absolute atomic E-state index is 0.0116. The Bertz CT molecular complexity index is 831. The van der Waals surface area contributed by atoms with Gasteiger partial charge in [0.25, 0.3) is 0 Å². The highest BCUT2D eigenvalue weighted by molar-refractivity contribution is 6.01. The fourth-order valence-electron chi connectivity index (χ4n) is 7.86. The molecule has 1 aliphatic heterocycles. The summed E-state index contributed by atoms with van der Waals surface area (Å²) in [6.45, 7) is 5.37. The van der Waals surface area contributed by atoms with Crippen molar-refractivity contribution < 1.29 is 29.3 Å². The van der Waals surface area contributed by atoms with Gasteiger partial charge in [-0.25, -0.2) is 0 Å². The molecule has 3 saturated carbocycles. The van der Waals surface area contributed by atoms with Crippen molar-refractivity contribution >= 4 is 11.6 Å². The lowest BCUT2D eigenvalue weighted by Crippen LogP contribution is -2.63. The minimum atomic E-state index is -1.20. The van der Waals surface area contributed by atoms with Gasteiger partial charge in [-0.3, -0.25) is 9.59 Å². The third-order valence-electron chi connectivity index (χ3n) is 8.92. The van der Waals surface area contributed by atoms with E-state index in [-0.39, 0.29) is 34.7 Å². The first kappa shape index (κ1) is 19.6. The second-order valence-corrected chi connectivity index (χ2v) is 10.1. The monoisotopic (exact) mass is 402 g/mol. The predicted molar refractivity (Wildman–Crippen MR) is 104 cm³/mol. The third kappa shape index (κ3) is 2.26. The Morgan fingerprint density at radius 1 is 1.34 bits per heavy atom. The van der Waals surface area contributed by atoms with E-state index in [1.165, 1.54) is 0 Å². The molecule has 6 nitrogen and oxygen atoms in total. The Balaban J connectivity index is 1.59. The quantitative estimate of drug-likeness (QED) is 0.733. The summed E-state index contributed by atoms with van der Waals surface area (Å²) in [5, 5.41) is 21.2. The number of fused-ring (bicyclic) bond motifs is 7. The van der Waals surface area contributed by atoms with Gasteiger partial charge in [-0.1, -0.05) is 25.5 Å². The Labute approximate surface area is 170 Å². The summed E-state index contributed by atoms with van der Waals surface area (Å²) in [5.41, 5.74) is -1.05. The highest BCUT2D eigenvalue weighted by Gasteiger charge is 2.75. The Hall–Kier alpha value is -1.34. The van der Waals surface area contributed by atoms with Crippen molar-refractivity contribution in [1.29, 1.82) is 0 Å². The van der Waals surface area contributed by atoms with Gasteiger partial charge in [-0.2, -0.15) is 0 Å². The summed E-state index contributed by atoms with van der Waals surface area (Å²) in [5.74, 6) is 0.00833. The number of Topliss-reactive ketones (excluding diaryl/α,β-unsaturated/α-hetero) is 1. The number of carbonyl (C=O) groups excluding carboxylic acids is 2. The van der Waals surface area contributed by atoms with Crippen molar-refractivity contribution in [2.24, 2.45) is 28.6 Å². The smallest absolute Gasteiger partial charge is 0.193 e. The summed E-state index contributed by atoms with van der Waals surface area (Å²) in [6, 6.07) is 0. The molecule has 1 saturated heterocycles. The molecule has 4 fully saturated rings. The van der Waals surface area contributed by atoms with Crippen molar-refractivity contribution in [3.8, 4) is 0 Å². The molecule has 1 heterocycles. The molecule has 0 aromatic heterocycles. The number of ether oxygens (including phenoxy) is 2. The first-order chi connectivity index (χ1) is 13.7. The lowest BCUT2D eigenvalue weighted by Gasteiger charge is -2.59. The SMILES string of the molecule is CC1O[C@@H]2C[C@H]3[C@@H]4CCC5=CC(=O)C=C[C@]5(C)[C@H]4[C@@H](O)C[C@]3(C)[C@]2(C(=O)CO)O1. The molecule has 6 heteroatoms. The van der Waals surface area contributed by atoms with Crippen LogP contribution in [0.2, 0.25) is 0 Å². The Kier molecular flexibility index (Phi) is 4.12. The molecule has 0 radical (unpaired) electrons. The zero-order valence-corrected chi connectivity index (χ0v) is 17.3. The van der Waals surface area contributed by atoms with E-state index in [1.807, 2.05) is 13.0 Å². The van der Waals surface area contributed by atoms with Gasteiger partial charge in [0.1, 0.15) is 6.61 Å². The molecule has 158 valence electrons. The summed E-state index contributed by atoms with van der Waals surface area (Å²) in [4.78, 5) is 25.0. The normalized spacial score (nSPS) is 53.0. The van der Waals surface area contributed by atoms with Crippen molar-refractivity contribution in [2.45, 2.75) is 70.6 Å². The van der Waals surface area contributed by atoms with Crippen LogP contribution >= 0.6 is 0 Å². The number of hydrogen-bond donors (Lipinski definition) is 2. The van der Waals surface area contributed by atoms with Crippen LogP contribution < -0.4 is 0 Å². The fraction of sp³-hybridized carbons (Fsp3) is 0.739. The maximum atomic E-state index is 13.0. The van der Waals surface area contributed by atoms with Gasteiger partial charge in [0.2, 0.25) is 0 Å². The second kappa shape index (κ2) is 6.10. The third-order valence-corrected chi connectivity index (χ3v) is 8.92. The number of rotatable bonds is 2. The molecule has 0 bridgehead atoms. The number of hydrogen-bond acceptors (Lipinski definition) is 6. The highest BCUT2D eigenvalue weighted by Crippen LogP contribution is 2.69. The van der Waals surface area contributed by atoms with E-state index < -0.39 is 36.1 Å². The van der Waals surface area contributed by atoms with Crippen LogP contribution in [0.5, 0.6) is 0 Å². The number of allylic oxidation sites excluding steroid dienone is 4. The van der Waals surface area contributed by atoms with Crippen LogP contribution in [-0.2, 0) is 19.1 Å². The van der Waals surface area contributed by atoms with Crippen LogP contribution in [0.25, 0.3) is 0 Å². The van der Waals surface area contributed by atoms with E-state index in [0.717, 1.165) is 18.4 Å². The van der Waals surface area contributed by atoms with E-state index in [0.29, 0.717) is 12.8 Å². The molecule has 1 unspecified atom stereocenters. The number of carbonyl (C=O) groups is 2. The molecule has 5 rings (SSSR count). The van der Waals surface area contributed by atoms with Gasteiger partial charge in [-0.15, -0.1) is 0 Å². The van der Waals surface area contributed by atoms with Crippen LogP contribution in [-0.4, -0.2) is 52.5 Å². The van der Waals surface area contributed by atoms with Crippen molar-refractivity contribution in [3.63, 3.8) is 0 Å². The van der Waals surface area contributed by atoms with Crippen molar-refractivity contribution in [2.75, 3.05) is 6.61 Å². The van der Waals surface area contributed by atoms with E-state index >= 15 is 0 Å². The van der Waals surface area contributed by atoms with Crippen LogP contribution in [0.4, 0.5) is 0 Å². The predicted octanol–water partition coefficient (Wildman–Crippen LogP) is 1.94. The van der Waals surface area contributed by atoms with E-state index in [4.69, 9.17) is 9.47 Å². The number of aliphatic hydroxyl groups excluding tert-OH is 2. The maximum Gasteiger partial charge on any atom is 0.193 e. The highest BCUT2D eigenvalue weighted by atomic mass is 16.7. The van der Waals surface area contributed by atoms with Crippen molar-refractivity contribution in [3.05, 3.63) is 23.8 Å². The van der Waals surface area contributed by atoms with Gasteiger partial charge < -0.3 is 19.7 Å². The Morgan fingerprint density at radius 2 is 2.10 bits per heavy atom. The zero-order chi connectivity index (χ0) is 20.8. The van der Waals surface area contributed by atoms with E-state index in [9.17, 15) is 19.8 Å². The standard InChI is InChI=1S/C23H30O6/c1-12-28-19-9-16-15-5-4-13-8-14(25)6-7-21(13,2)20(15)17(26)10-22(16,3)23(19,29-12)18(27)11-24/h6-8,12,15-17,19-20,24,26H,4-5,9-11H2,1-3H3/t12?,15-,16-,17-,19+,20+,21-,22-,23+/m0/s1. The molecular formula is C23H30O6. The van der Waals surface area contributed by atoms with Crippen LogP contribution in [0, 0.1) is 28.6 Å². The summed E-state index contributed by atoms with van der Waals surface area (Å²) >= 11 is 0. The Morgan fingerprint density at radius 3 is 2.83 bits per heavy atom. The minimum Gasteiger partial charge on any atom is -0.393 e. The van der Waals surface area contributed by atoms with Gasteiger partial charge in [0, 0.05) is 16.7 Å². The van der Waals surface area contributed by atoms with Gasteiger partial charge in [0.15, 0.2) is 23.5 Å². The lowest BCUT2D eigenvalue weighted by atomic mass is 9.46. The average molecular weight is 402 g/mol. The fourth-order valence-corrected chi connectivity index (χ4v) is 7.86. The molecule has 0 aromatic rings. The van der Waals surface area contributed by atoms with Gasteiger partial charge >= 0.3 is 0 Å². The molecule has 5 aliphatic rings. The summed E-state index contributed by atoms with van der Waals surface area (Å²) < 4.78 is 12.2.